The van der Waals surface area contributed by atoms with Crippen molar-refractivity contribution < 1.29 is 9.53 Å². The number of carbonyl (C=O) groups is 1. The third-order valence-corrected chi connectivity index (χ3v) is 6.55. The van der Waals surface area contributed by atoms with Gasteiger partial charge in [-0.25, -0.2) is 0 Å². The van der Waals surface area contributed by atoms with Gasteiger partial charge in [-0.1, -0.05) is 30.0 Å². The number of thioether (sulfide) groups is 1. The molecule has 7 nitrogen and oxygen atoms in total. The van der Waals surface area contributed by atoms with Crippen LogP contribution in [0.1, 0.15) is 50.6 Å². The predicted octanol–water partition coefficient (Wildman–Crippen LogP) is 3.41. The molecule has 1 atom stereocenters. The molecule has 156 valence electrons. The lowest BCUT2D eigenvalue weighted by molar-refractivity contribution is -0.120. The number of anilines is 1. The highest BCUT2D eigenvalue weighted by Gasteiger charge is 2.33. The summed E-state index contributed by atoms with van der Waals surface area (Å²) in [6.07, 6.45) is 6.05. The van der Waals surface area contributed by atoms with Crippen molar-refractivity contribution in [3.63, 3.8) is 0 Å². The highest BCUT2D eigenvalue weighted by molar-refractivity contribution is 8.00. The van der Waals surface area contributed by atoms with Crippen LogP contribution in [-0.2, 0) is 11.3 Å². The van der Waals surface area contributed by atoms with Gasteiger partial charge in [-0.2, -0.15) is 0 Å². The van der Waals surface area contributed by atoms with Crippen molar-refractivity contribution in [3.05, 3.63) is 29.8 Å². The summed E-state index contributed by atoms with van der Waals surface area (Å²) < 4.78 is 7.62. The fourth-order valence-electron chi connectivity index (χ4n) is 3.70. The van der Waals surface area contributed by atoms with Crippen molar-refractivity contribution in [2.45, 2.75) is 62.0 Å². The number of hydrogen-bond donors (Lipinski definition) is 1. The zero-order chi connectivity index (χ0) is 20.2. The second kappa shape index (κ2) is 9.07. The minimum absolute atomic E-state index is 0.00854. The number of para-hydroxylation sites is 1. The number of nitrogens with zero attached hydrogens (tertiary/aromatic N) is 4. The van der Waals surface area contributed by atoms with Crippen molar-refractivity contribution in [2.75, 3.05) is 25.1 Å². The molecule has 8 heteroatoms. The SMILES string of the molecule is COc1ccccc1CNC(=O)C(C)Sc1nnc(N2CCCCC2)n1C1CC1. The molecule has 4 rings (SSSR count). The maximum absolute atomic E-state index is 12.7. The molecule has 0 radical (unpaired) electrons. The zero-order valence-electron chi connectivity index (χ0n) is 17.1. The summed E-state index contributed by atoms with van der Waals surface area (Å²) in [6.45, 7) is 4.46. The van der Waals surface area contributed by atoms with Crippen LogP contribution >= 0.6 is 11.8 Å². The standard InChI is InChI=1S/C21H29N5O2S/c1-15(19(27)22-14-16-8-4-5-9-18(16)28-2)29-21-24-23-20(26(21)17-10-11-17)25-12-6-3-7-13-25/h4-5,8-9,15,17H,3,6-7,10-14H2,1-2H3,(H,22,27). The first-order valence-corrected chi connectivity index (χ1v) is 11.3. The monoisotopic (exact) mass is 415 g/mol. The van der Waals surface area contributed by atoms with Crippen molar-refractivity contribution in [1.29, 1.82) is 0 Å². The molecule has 1 aliphatic carbocycles. The van der Waals surface area contributed by atoms with E-state index < -0.39 is 0 Å². The van der Waals surface area contributed by atoms with Crippen LogP contribution in [0.2, 0.25) is 0 Å². The van der Waals surface area contributed by atoms with Gasteiger partial charge >= 0.3 is 0 Å². The van der Waals surface area contributed by atoms with Crippen molar-refractivity contribution in [3.8, 4) is 5.75 Å². The van der Waals surface area contributed by atoms with Crippen molar-refractivity contribution in [2.24, 2.45) is 0 Å². The lowest BCUT2D eigenvalue weighted by Gasteiger charge is -2.28. The smallest absolute Gasteiger partial charge is 0.233 e. The summed E-state index contributed by atoms with van der Waals surface area (Å²) in [4.78, 5) is 15.0. The Morgan fingerprint density at radius 2 is 2.00 bits per heavy atom. The number of piperidine rings is 1. The van der Waals surface area contributed by atoms with Crippen LogP contribution in [0.4, 0.5) is 5.95 Å². The number of aromatic nitrogens is 3. The Hall–Kier alpha value is -2.22. The maximum atomic E-state index is 12.7. The molecule has 2 fully saturated rings. The van der Waals surface area contributed by atoms with E-state index in [9.17, 15) is 4.79 Å². The van der Waals surface area contributed by atoms with Crippen molar-refractivity contribution in [1.82, 2.24) is 20.1 Å². The Balaban J connectivity index is 1.40. The third kappa shape index (κ3) is 4.69. The van der Waals surface area contributed by atoms with E-state index in [4.69, 9.17) is 4.74 Å². The molecule has 1 saturated carbocycles. The molecule has 1 aromatic carbocycles. The van der Waals surface area contributed by atoms with E-state index >= 15 is 0 Å². The third-order valence-electron chi connectivity index (χ3n) is 5.49. The highest BCUT2D eigenvalue weighted by Crippen LogP contribution is 2.42. The van der Waals surface area contributed by atoms with Gasteiger partial charge in [0.05, 0.1) is 12.4 Å². The van der Waals surface area contributed by atoms with Gasteiger partial charge in [-0.15, -0.1) is 10.2 Å². The molecule has 1 aromatic heterocycles. The molecule has 1 amide bonds. The molecule has 0 spiro atoms. The Morgan fingerprint density at radius 3 is 2.72 bits per heavy atom. The summed E-state index contributed by atoms with van der Waals surface area (Å²) >= 11 is 1.50. The number of amides is 1. The average molecular weight is 416 g/mol. The summed E-state index contributed by atoms with van der Waals surface area (Å²) in [6, 6.07) is 8.22. The van der Waals surface area contributed by atoms with E-state index in [2.05, 4.69) is 25.0 Å². The molecule has 2 heterocycles. The molecule has 0 bridgehead atoms. The normalized spacial score (nSPS) is 17.8. The average Bonchev–Trinajstić information content (AvgIpc) is 3.52. The Bertz CT molecular complexity index is 845. The van der Waals surface area contributed by atoms with Crippen LogP contribution in [0.25, 0.3) is 0 Å². The number of hydrogen-bond acceptors (Lipinski definition) is 6. The summed E-state index contributed by atoms with van der Waals surface area (Å²) in [5, 5.41) is 12.6. The number of rotatable bonds is 8. The summed E-state index contributed by atoms with van der Waals surface area (Å²) in [5.74, 6) is 1.76. The quantitative estimate of drug-likeness (QED) is 0.666. The van der Waals surface area contributed by atoms with Gasteiger partial charge in [-0.3, -0.25) is 9.36 Å². The fraction of sp³-hybridized carbons (Fsp3) is 0.571. The number of benzene rings is 1. The second-order valence-electron chi connectivity index (χ2n) is 7.72. The summed E-state index contributed by atoms with van der Waals surface area (Å²) in [7, 11) is 1.64. The number of ether oxygens (including phenoxy) is 1. The lowest BCUT2D eigenvalue weighted by atomic mass is 10.1. The number of carbonyl (C=O) groups excluding carboxylic acids is 1. The molecule has 1 saturated heterocycles. The number of methoxy groups -OCH3 is 1. The van der Waals surface area contributed by atoms with Crippen LogP contribution in [0.3, 0.4) is 0 Å². The Kier molecular flexibility index (Phi) is 6.28. The maximum Gasteiger partial charge on any atom is 0.233 e. The van der Waals surface area contributed by atoms with E-state index in [0.29, 0.717) is 12.6 Å². The molecule has 1 N–H and O–H groups in total. The minimum atomic E-state index is -0.249. The fourth-order valence-corrected chi connectivity index (χ4v) is 4.64. The Labute approximate surface area is 176 Å². The summed E-state index contributed by atoms with van der Waals surface area (Å²) in [5.41, 5.74) is 0.967. The topological polar surface area (TPSA) is 72.3 Å². The van der Waals surface area contributed by atoms with Gasteiger partial charge in [0.2, 0.25) is 11.9 Å². The molecular weight excluding hydrogens is 386 g/mol. The van der Waals surface area contributed by atoms with Crippen LogP contribution in [0.5, 0.6) is 5.75 Å². The largest absolute Gasteiger partial charge is 0.496 e. The van der Waals surface area contributed by atoms with Gasteiger partial charge in [0, 0.05) is 31.2 Å². The lowest BCUT2D eigenvalue weighted by Crippen LogP contribution is -2.32. The molecule has 29 heavy (non-hydrogen) atoms. The van der Waals surface area contributed by atoms with Gasteiger partial charge in [-0.05, 0) is 45.1 Å². The molecule has 1 unspecified atom stereocenters. The van der Waals surface area contributed by atoms with Crippen LogP contribution in [-0.4, -0.2) is 46.1 Å². The van der Waals surface area contributed by atoms with Crippen LogP contribution < -0.4 is 15.0 Å². The highest BCUT2D eigenvalue weighted by atomic mass is 32.2. The van der Waals surface area contributed by atoms with Gasteiger partial charge < -0.3 is 15.0 Å². The minimum Gasteiger partial charge on any atom is -0.496 e. The van der Waals surface area contributed by atoms with Gasteiger partial charge in [0.25, 0.3) is 0 Å². The van der Waals surface area contributed by atoms with E-state index in [1.807, 2.05) is 31.2 Å². The van der Waals surface area contributed by atoms with E-state index in [-0.39, 0.29) is 11.2 Å². The van der Waals surface area contributed by atoms with Crippen LogP contribution in [0, 0.1) is 0 Å². The van der Waals surface area contributed by atoms with E-state index in [1.165, 1.54) is 43.9 Å². The van der Waals surface area contributed by atoms with Gasteiger partial charge in [0.1, 0.15) is 5.75 Å². The molecule has 2 aromatic rings. The molecule has 2 aliphatic rings. The number of nitrogens with one attached hydrogen (secondary N) is 1. The second-order valence-corrected chi connectivity index (χ2v) is 9.03. The van der Waals surface area contributed by atoms with E-state index in [0.717, 1.165) is 35.5 Å². The molecule has 1 aliphatic heterocycles. The van der Waals surface area contributed by atoms with Crippen LogP contribution in [0.15, 0.2) is 29.4 Å². The van der Waals surface area contributed by atoms with Gasteiger partial charge in [0.15, 0.2) is 5.16 Å². The first-order chi connectivity index (χ1) is 14.2. The molecular formula is C21H29N5O2S. The Morgan fingerprint density at radius 1 is 1.24 bits per heavy atom. The predicted molar refractivity (Wildman–Crippen MR) is 115 cm³/mol. The van der Waals surface area contributed by atoms with Crippen molar-refractivity contribution >= 4 is 23.6 Å². The first-order valence-electron chi connectivity index (χ1n) is 10.4. The van der Waals surface area contributed by atoms with E-state index in [1.54, 1.807) is 7.11 Å². The zero-order valence-corrected chi connectivity index (χ0v) is 18.0. The first kappa shape index (κ1) is 20.1.